The van der Waals surface area contributed by atoms with E-state index in [0.717, 1.165) is 13.1 Å². The lowest BCUT2D eigenvalue weighted by Crippen LogP contribution is -2.24. The smallest absolute Gasteiger partial charge is 0.0350 e. The lowest BCUT2D eigenvalue weighted by molar-refractivity contribution is 0.360. The van der Waals surface area contributed by atoms with Gasteiger partial charge < -0.3 is 5.01 Å². The molecule has 0 aromatic heterocycles. The molecule has 1 saturated heterocycles. The lowest BCUT2D eigenvalue weighted by atomic mass is 10.5. The third kappa shape index (κ3) is 0.933. The third-order valence-corrected chi connectivity index (χ3v) is 1.11. The molecule has 0 unspecified atom stereocenters. The number of nitrogens with one attached hydrogen (secondary N) is 1. The minimum absolute atomic E-state index is 1.10. The van der Waals surface area contributed by atoms with Crippen molar-refractivity contribution >= 4 is 0 Å². The maximum Gasteiger partial charge on any atom is 0.0350 e. The van der Waals surface area contributed by atoms with Gasteiger partial charge in [-0.05, 0) is 6.42 Å². The van der Waals surface area contributed by atoms with E-state index in [1.807, 2.05) is 11.2 Å². The standard InChI is InChI=1S/C5H10N2/c1-2-7-5-3-4-6-7/h2,6H,1,3-5H2. The Hall–Kier alpha value is -0.500. The van der Waals surface area contributed by atoms with Crippen molar-refractivity contribution in [3.8, 4) is 0 Å². The Labute approximate surface area is 43.8 Å². The highest BCUT2D eigenvalue weighted by molar-refractivity contribution is 4.71. The van der Waals surface area contributed by atoms with E-state index in [1.165, 1.54) is 6.42 Å². The van der Waals surface area contributed by atoms with Gasteiger partial charge in [0.25, 0.3) is 0 Å². The van der Waals surface area contributed by atoms with Gasteiger partial charge in [0, 0.05) is 19.3 Å². The first kappa shape index (κ1) is 4.65. The van der Waals surface area contributed by atoms with Gasteiger partial charge in [-0.2, -0.15) is 0 Å². The number of rotatable bonds is 1. The van der Waals surface area contributed by atoms with Crippen LogP contribution < -0.4 is 5.43 Å². The molecule has 0 amide bonds. The minimum Gasteiger partial charge on any atom is -0.316 e. The van der Waals surface area contributed by atoms with Crippen molar-refractivity contribution in [3.63, 3.8) is 0 Å². The van der Waals surface area contributed by atoms with Crippen molar-refractivity contribution in [3.05, 3.63) is 12.8 Å². The van der Waals surface area contributed by atoms with Gasteiger partial charge in [-0.15, -0.1) is 0 Å². The van der Waals surface area contributed by atoms with Gasteiger partial charge >= 0.3 is 0 Å². The fourth-order valence-corrected chi connectivity index (χ4v) is 0.707. The second-order valence-corrected chi connectivity index (χ2v) is 1.64. The highest BCUT2D eigenvalue weighted by Gasteiger charge is 2.02. The molecule has 1 aliphatic rings. The fraction of sp³-hybridized carbons (Fsp3) is 0.600. The van der Waals surface area contributed by atoms with Crippen LogP contribution in [0.25, 0.3) is 0 Å². The maximum absolute atomic E-state index is 3.61. The van der Waals surface area contributed by atoms with E-state index >= 15 is 0 Å². The Morgan fingerprint density at radius 1 is 1.71 bits per heavy atom. The summed E-state index contributed by atoms with van der Waals surface area (Å²) < 4.78 is 0. The van der Waals surface area contributed by atoms with E-state index in [-0.39, 0.29) is 0 Å². The Morgan fingerprint density at radius 2 is 2.57 bits per heavy atom. The topological polar surface area (TPSA) is 15.3 Å². The molecule has 0 aliphatic carbocycles. The summed E-state index contributed by atoms with van der Waals surface area (Å²) in [6.45, 7) is 5.82. The van der Waals surface area contributed by atoms with Crippen molar-refractivity contribution in [2.45, 2.75) is 6.42 Å². The zero-order chi connectivity index (χ0) is 5.11. The van der Waals surface area contributed by atoms with Gasteiger partial charge in [0.15, 0.2) is 0 Å². The molecular formula is C5H10N2. The van der Waals surface area contributed by atoms with Gasteiger partial charge in [-0.3, -0.25) is 0 Å². The zero-order valence-corrected chi connectivity index (χ0v) is 4.35. The van der Waals surface area contributed by atoms with Gasteiger partial charge in [0.05, 0.1) is 0 Å². The largest absolute Gasteiger partial charge is 0.316 e. The van der Waals surface area contributed by atoms with Gasteiger partial charge in [0.2, 0.25) is 0 Å². The van der Waals surface area contributed by atoms with Gasteiger partial charge in [0.1, 0.15) is 0 Å². The molecule has 0 spiro atoms. The summed E-state index contributed by atoms with van der Waals surface area (Å²) >= 11 is 0. The van der Waals surface area contributed by atoms with E-state index in [9.17, 15) is 0 Å². The molecule has 40 valence electrons. The van der Waals surface area contributed by atoms with Crippen LogP contribution >= 0.6 is 0 Å². The first-order valence-electron chi connectivity index (χ1n) is 2.56. The summed E-state index contributed by atoms with van der Waals surface area (Å²) in [6.07, 6.45) is 3.05. The van der Waals surface area contributed by atoms with Gasteiger partial charge in [-0.25, -0.2) is 5.43 Å². The van der Waals surface area contributed by atoms with Crippen molar-refractivity contribution in [1.82, 2.24) is 10.4 Å². The summed E-state index contributed by atoms with van der Waals surface area (Å²) in [5.41, 5.74) is 3.12. The van der Waals surface area contributed by atoms with E-state index in [1.54, 1.807) is 0 Å². The second kappa shape index (κ2) is 1.98. The molecule has 0 bridgehead atoms. The van der Waals surface area contributed by atoms with Crippen LogP contribution in [0, 0.1) is 0 Å². The lowest BCUT2D eigenvalue weighted by Gasteiger charge is -2.08. The molecule has 0 aromatic carbocycles. The molecule has 2 heteroatoms. The quantitative estimate of drug-likeness (QED) is 0.508. The average molecular weight is 98.1 g/mol. The van der Waals surface area contributed by atoms with Crippen molar-refractivity contribution in [2.24, 2.45) is 0 Å². The van der Waals surface area contributed by atoms with Crippen LogP contribution in [0.4, 0.5) is 0 Å². The Balaban J connectivity index is 2.26. The van der Waals surface area contributed by atoms with Crippen molar-refractivity contribution in [1.29, 1.82) is 0 Å². The van der Waals surface area contributed by atoms with Crippen LogP contribution in [-0.2, 0) is 0 Å². The first-order chi connectivity index (χ1) is 3.43. The summed E-state index contributed by atoms with van der Waals surface area (Å²) in [4.78, 5) is 0. The molecule has 0 radical (unpaired) electrons. The van der Waals surface area contributed by atoms with E-state index in [0.29, 0.717) is 0 Å². The van der Waals surface area contributed by atoms with Crippen LogP contribution in [0.2, 0.25) is 0 Å². The van der Waals surface area contributed by atoms with Crippen molar-refractivity contribution in [2.75, 3.05) is 13.1 Å². The Kier molecular flexibility index (Phi) is 1.32. The summed E-state index contributed by atoms with van der Waals surface area (Å²) in [7, 11) is 0. The molecular weight excluding hydrogens is 88.1 g/mol. The first-order valence-corrected chi connectivity index (χ1v) is 2.56. The third-order valence-electron chi connectivity index (χ3n) is 1.11. The maximum atomic E-state index is 3.61. The SMILES string of the molecule is C=CN1CCCN1. The molecule has 1 heterocycles. The molecule has 0 aromatic rings. The Bertz CT molecular complexity index is 64.5. The van der Waals surface area contributed by atoms with Crippen LogP contribution in [0.3, 0.4) is 0 Å². The summed E-state index contributed by atoms with van der Waals surface area (Å²) in [5.74, 6) is 0. The number of hydrazine groups is 1. The summed E-state index contributed by atoms with van der Waals surface area (Å²) in [6, 6.07) is 0. The second-order valence-electron chi connectivity index (χ2n) is 1.64. The normalized spacial score (nSPS) is 20.3. The van der Waals surface area contributed by atoms with E-state index < -0.39 is 0 Å². The predicted octanol–water partition coefficient (Wildman–Crippen LogP) is 0.340. The number of hydrogen-bond acceptors (Lipinski definition) is 2. The molecule has 1 rings (SSSR count). The predicted molar refractivity (Wildman–Crippen MR) is 29.5 cm³/mol. The highest BCUT2D eigenvalue weighted by Crippen LogP contribution is 1.93. The minimum atomic E-state index is 1.10. The highest BCUT2D eigenvalue weighted by atomic mass is 15.5. The molecule has 0 atom stereocenters. The van der Waals surface area contributed by atoms with Crippen LogP contribution in [-0.4, -0.2) is 18.1 Å². The number of nitrogens with zero attached hydrogens (tertiary/aromatic N) is 1. The molecule has 1 aliphatic heterocycles. The monoisotopic (exact) mass is 98.1 g/mol. The Morgan fingerprint density at radius 3 is 2.86 bits per heavy atom. The number of hydrogen-bond donors (Lipinski definition) is 1. The molecule has 1 fully saturated rings. The van der Waals surface area contributed by atoms with Crippen LogP contribution in [0.1, 0.15) is 6.42 Å². The fourth-order valence-electron chi connectivity index (χ4n) is 0.707. The van der Waals surface area contributed by atoms with Crippen molar-refractivity contribution < 1.29 is 0 Å². The average Bonchev–Trinajstić information content (AvgIpc) is 2.14. The van der Waals surface area contributed by atoms with Gasteiger partial charge in [-0.1, -0.05) is 6.58 Å². The van der Waals surface area contributed by atoms with E-state index in [4.69, 9.17) is 0 Å². The summed E-state index contributed by atoms with van der Waals surface area (Å²) in [5, 5.41) is 2.00. The molecule has 1 N–H and O–H groups in total. The zero-order valence-electron chi connectivity index (χ0n) is 4.35. The van der Waals surface area contributed by atoms with Crippen LogP contribution in [0.15, 0.2) is 12.8 Å². The molecule has 7 heavy (non-hydrogen) atoms. The molecule has 0 saturated carbocycles. The molecule has 2 nitrogen and oxygen atoms in total. The van der Waals surface area contributed by atoms with Crippen LogP contribution in [0.5, 0.6) is 0 Å². The van der Waals surface area contributed by atoms with E-state index in [2.05, 4.69) is 12.0 Å².